The van der Waals surface area contributed by atoms with E-state index in [1.165, 1.54) is 12.7 Å². The summed E-state index contributed by atoms with van der Waals surface area (Å²) < 4.78 is 4.84. The highest BCUT2D eigenvalue weighted by Crippen LogP contribution is 2.42. The van der Waals surface area contributed by atoms with Crippen molar-refractivity contribution in [2.24, 2.45) is 0 Å². The molecule has 1 aromatic carbocycles. The summed E-state index contributed by atoms with van der Waals surface area (Å²) in [4.78, 5) is 13.5. The van der Waals surface area contributed by atoms with Crippen LogP contribution in [0, 0.1) is 0 Å². The molecule has 0 saturated carbocycles. The lowest BCUT2D eigenvalue weighted by molar-refractivity contribution is 0.176. The molecule has 0 spiro atoms. The van der Waals surface area contributed by atoms with Crippen LogP contribution in [0.15, 0.2) is 24.3 Å². The Kier molecular flexibility index (Phi) is 2.86. The number of para-hydroxylation sites is 1. The topological polar surface area (TPSA) is 29.5 Å². The lowest BCUT2D eigenvalue weighted by Crippen LogP contribution is -2.36. The minimum absolute atomic E-state index is 0.176. The van der Waals surface area contributed by atoms with E-state index < -0.39 is 0 Å². The van der Waals surface area contributed by atoms with Gasteiger partial charge in [0.05, 0.1) is 12.8 Å². The summed E-state index contributed by atoms with van der Waals surface area (Å²) in [6, 6.07) is 8.24. The Morgan fingerprint density at radius 2 is 2.12 bits per heavy atom. The monoisotopic (exact) mass is 219 g/mol. The number of hydrogen-bond donors (Lipinski definition) is 0. The predicted molar refractivity (Wildman–Crippen MR) is 63.8 cm³/mol. The van der Waals surface area contributed by atoms with Crippen molar-refractivity contribution in [2.45, 2.75) is 32.2 Å². The van der Waals surface area contributed by atoms with Gasteiger partial charge in [0, 0.05) is 12.0 Å². The summed E-state index contributed by atoms with van der Waals surface area (Å²) in [6.07, 6.45) is 0.766. The molecule has 0 aliphatic carbocycles. The number of methoxy groups -OCH3 is 1. The number of ether oxygens (including phenoxy) is 1. The first-order valence-electron chi connectivity index (χ1n) is 5.66. The average Bonchev–Trinajstić information content (AvgIpc) is 2.60. The van der Waals surface area contributed by atoms with Gasteiger partial charge in [-0.2, -0.15) is 0 Å². The van der Waals surface area contributed by atoms with Gasteiger partial charge in [-0.1, -0.05) is 25.1 Å². The van der Waals surface area contributed by atoms with Crippen molar-refractivity contribution in [1.82, 2.24) is 0 Å². The van der Waals surface area contributed by atoms with Gasteiger partial charge in [0.15, 0.2) is 0 Å². The Labute approximate surface area is 96.0 Å². The third-order valence-corrected chi connectivity index (χ3v) is 3.40. The van der Waals surface area contributed by atoms with E-state index in [-0.39, 0.29) is 12.1 Å². The van der Waals surface area contributed by atoms with Crippen molar-refractivity contribution in [3.8, 4) is 0 Å². The zero-order chi connectivity index (χ0) is 11.7. The van der Waals surface area contributed by atoms with Gasteiger partial charge in [-0.3, -0.25) is 4.90 Å². The smallest absolute Gasteiger partial charge is 0.414 e. The summed E-state index contributed by atoms with van der Waals surface area (Å²) in [5, 5.41) is 0. The Bertz CT molecular complexity index is 403. The molecule has 0 saturated heterocycles. The van der Waals surface area contributed by atoms with E-state index in [4.69, 9.17) is 4.74 Å². The molecule has 0 bridgehead atoms. The second-order valence-corrected chi connectivity index (χ2v) is 4.15. The van der Waals surface area contributed by atoms with Gasteiger partial charge >= 0.3 is 6.09 Å². The summed E-state index contributed by atoms with van der Waals surface area (Å²) in [5.74, 6) is 0.412. The molecule has 0 N–H and O–H groups in total. The van der Waals surface area contributed by atoms with Gasteiger partial charge in [0.1, 0.15) is 0 Å². The fourth-order valence-corrected chi connectivity index (χ4v) is 2.60. The normalized spacial score (nSPS) is 23.1. The highest BCUT2D eigenvalue weighted by Gasteiger charge is 2.38. The van der Waals surface area contributed by atoms with Crippen LogP contribution in [0.3, 0.4) is 0 Å². The molecule has 1 aliphatic rings. The van der Waals surface area contributed by atoms with E-state index in [1.54, 1.807) is 4.90 Å². The molecule has 0 unspecified atom stereocenters. The maximum Gasteiger partial charge on any atom is 0.414 e. The first-order chi connectivity index (χ1) is 7.70. The highest BCUT2D eigenvalue weighted by atomic mass is 16.5. The molecule has 0 fully saturated rings. The molecule has 1 aromatic rings. The van der Waals surface area contributed by atoms with Gasteiger partial charge in [-0.25, -0.2) is 4.79 Å². The number of carbonyl (C=O) groups excluding carboxylic acids is 1. The third kappa shape index (κ3) is 1.47. The van der Waals surface area contributed by atoms with Crippen LogP contribution in [-0.2, 0) is 4.74 Å². The Morgan fingerprint density at radius 1 is 1.44 bits per heavy atom. The van der Waals surface area contributed by atoms with Crippen molar-refractivity contribution in [2.75, 3.05) is 12.0 Å². The molecule has 1 aliphatic heterocycles. The SMILES string of the molecule is CC[C@H]1c2ccccc2N(C(=O)OC)[C@@H]1C. The number of carbonyl (C=O) groups is 1. The van der Waals surface area contributed by atoms with E-state index in [9.17, 15) is 4.79 Å². The maximum absolute atomic E-state index is 11.8. The van der Waals surface area contributed by atoms with E-state index in [0.717, 1.165) is 12.1 Å². The van der Waals surface area contributed by atoms with E-state index in [2.05, 4.69) is 19.9 Å². The van der Waals surface area contributed by atoms with Crippen molar-refractivity contribution in [1.29, 1.82) is 0 Å². The molecule has 3 heteroatoms. The lowest BCUT2D eigenvalue weighted by atomic mass is 9.94. The van der Waals surface area contributed by atoms with E-state index in [1.807, 2.05) is 18.2 Å². The minimum Gasteiger partial charge on any atom is -0.452 e. The van der Waals surface area contributed by atoms with Crippen molar-refractivity contribution in [3.05, 3.63) is 29.8 Å². The molecule has 3 nitrogen and oxygen atoms in total. The van der Waals surface area contributed by atoms with Gasteiger partial charge in [0.2, 0.25) is 0 Å². The first-order valence-corrected chi connectivity index (χ1v) is 5.66. The molecule has 2 rings (SSSR count). The fraction of sp³-hybridized carbons (Fsp3) is 0.462. The second-order valence-electron chi connectivity index (χ2n) is 4.15. The second kappa shape index (κ2) is 4.16. The quantitative estimate of drug-likeness (QED) is 0.726. The summed E-state index contributed by atoms with van der Waals surface area (Å²) in [7, 11) is 1.43. The standard InChI is InChI=1S/C13H17NO2/c1-4-10-9(2)14(13(15)16-3)12-8-6-5-7-11(10)12/h5-10H,4H2,1-3H3/t9-,10-/m1/s1. The first kappa shape index (κ1) is 11.0. The number of hydrogen-bond acceptors (Lipinski definition) is 2. The van der Waals surface area contributed by atoms with Crippen LogP contribution in [0.25, 0.3) is 0 Å². The van der Waals surface area contributed by atoms with Crippen LogP contribution in [0.4, 0.5) is 10.5 Å². The highest BCUT2D eigenvalue weighted by molar-refractivity contribution is 5.91. The van der Waals surface area contributed by atoms with Gasteiger partial charge in [0.25, 0.3) is 0 Å². The summed E-state index contributed by atoms with van der Waals surface area (Å²) in [6.45, 7) is 4.23. The van der Waals surface area contributed by atoms with Crippen molar-refractivity contribution in [3.63, 3.8) is 0 Å². The Morgan fingerprint density at radius 3 is 2.75 bits per heavy atom. The van der Waals surface area contributed by atoms with Gasteiger partial charge in [-0.15, -0.1) is 0 Å². The largest absolute Gasteiger partial charge is 0.452 e. The number of benzene rings is 1. The van der Waals surface area contributed by atoms with Crippen LogP contribution in [0.5, 0.6) is 0 Å². The molecular formula is C13H17NO2. The summed E-state index contributed by atoms with van der Waals surface area (Å²) in [5.41, 5.74) is 2.25. The van der Waals surface area contributed by atoms with Crippen LogP contribution < -0.4 is 4.90 Å². The maximum atomic E-state index is 11.8. The summed E-state index contributed by atoms with van der Waals surface area (Å²) >= 11 is 0. The number of amides is 1. The van der Waals surface area contributed by atoms with Crippen molar-refractivity contribution < 1.29 is 9.53 Å². The number of fused-ring (bicyclic) bond motifs is 1. The number of nitrogens with zero attached hydrogens (tertiary/aromatic N) is 1. The molecule has 1 amide bonds. The zero-order valence-electron chi connectivity index (χ0n) is 9.93. The zero-order valence-corrected chi connectivity index (χ0v) is 9.93. The van der Waals surface area contributed by atoms with Crippen LogP contribution in [-0.4, -0.2) is 19.2 Å². The molecule has 1 heterocycles. The van der Waals surface area contributed by atoms with Gasteiger partial charge < -0.3 is 4.74 Å². The van der Waals surface area contributed by atoms with Crippen molar-refractivity contribution >= 4 is 11.8 Å². The number of rotatable bonds is 1. The van der Waals surface area contributed by atoms with E-state index in [0.29, 0.717) is 5.92 Å². The fourth-order valence-electron chi connectivity index (χ4n) is 2.60. The Hall–Kier alpha value is -1.51. The Balaban J connectivity index is 2.46. The minimum atomic E-state index is -0.268. The average molecular weight is 219 g/mol. The lowest BCUT2D eigenvalue weighted by Gasteiger charge is -2.23. The third-order valence-electron chi connectivity index (χ3n) is 3.40. The molecule has 86 valence electrons. The van der Waals surface area contributed by atoms with Crippen LogP contribution in [0.2, 0.25) is 0 Å². The molecular weight excluding hydrogens is 202 g/mol. The van der Waals surface area contributed by atoms with Gasteiger partial charge in [-0.05, 0) is 25.0 Å². The number of anilines is 1. The predicted octanol–water partition coefficient (Wildman–Crippen LogP) is 3.16. The van der Waals surface area contributed by atoms with Crippen LogP contribution >= 0.6 is 0 Å². The molecule has 16 heavy (non-hydrogen) atoms. The van der Waals surface area contributed by atoms with Crippen LogP contribution in [0.1, 0.15) is 31.7 Å². The molecule has 0 aromatic heterocycles. The molecule has 2 atom stereocenters. The molecule has 0 radical (unpaired) electrons. The van der Waals surface area contributed by atoms with E-state index >= 15 is 0 Å².